The molecule has 1 aromatic carbocycles. The smallest absolute Gasteiger partial charge is 0.309 e. The lowest BCUT2D eigenvalue weighted by Crippen LogP contribution is -2.67. The van der Waals surface area contributed by atoms with Crippen LogP contribution in [0.1, 0.15) is 43.0 Å². The molecule has 0 aromatic heterocycles. The highest BCUT2D eigenvalue weighted by Gasteiger charge is 2.55. The number of para-hydroxylation sites is 1. The molecule has 3 fully saturated rings. The van der Waals surface area contributed by atoms with Crippen molar-refractivity contribution >= 4 is 17.6 Å². The number of anilines is 1. The van der Waals surface area contributed by atoms with E-state index in [1.165, 1.54) is 0 Å². The predicted molar refractivity (Wildman–Crippen MR) is 85.8 cm³/mol. The average Bonchev–Trinajstić information content (AvgIpc) is 2.55. The Bertz CT molecular complexity index is 659. The van der Waals surface area contributed by atoms with Crippen molar-refractivity contribution in [2.75, 3.05) is 11.9 Å². The van der Waals surface area contributed by atoms with Crippen LogP contribution in [0.4, 0.5) is 5.69 Å². The molecule has 3 aliphatic carbocycles. The minimum atomic E-state index is -0.405. The molecule has 3 saturated carbocycles. The van der Waals surface area contributed by atoms with Gasteiger partial charge in [-0.05, 0) is 50.7 Å². The van der Waals surface area contributed by atoms with Crippen LogP contribution in [0.5, 0.6) is 0 Å². The third kappa shape index (κ3) is 2.21. The summed E-state index contributed by atoms with van der Waals surface area (Å²) in [7, 11) is 0. The fourth-order valence-electron chi connectivity index (χ4n) is 4.68. The summed E-state index contributed by atoms with van der Waals surface area (Å²) in [5.41, 5.74) is 1.19. The van der Waals surface area contributed by atoms with E-state index in [0.29, 0.717) is 12.2 Å². The molecule has 0 radical (unpaired) electrons. The van der Waals surface area contributed by atoms with Crippen molar-refractivity contribution < 1.29 is 14.3 Å². The average molecular weight is 314 g/mol. The number of fused-ring (bicyclic) bond motifs is 3. The van der Waals surface area contributed by atoms with E-state index in [-0.39, 0.29) is 29.6 Å². The fraction of sp³-hybridized carbons (Fsp3) is 0.556. The molecular weight excluding hydrogens is 292 g/mol. The van der Waals surface area contributed by atoms with Gasteiger partial charge < -0.3 is 15.4 Å². The van der Waals surface area contributed by atoms with E-state index in [1.807, 2.05) is 31.2 Å². The van der Waals surface area contributed by atoms with Gasteiger partial charge in [-0.2, -0.15) is 0 Å². The van der Waals surface area contributed by atoms with Gasteiger partial charge in [0.25, 0.3) is 5.91 Å². The molecule has 1 aromatic rings. The van der Waals surface area contributed by atoms with Crippen LogP contribution in [0.3, 0.4) is 0 Å². The van der Waals surface area contributed by atoms with E-state index in [2.05, 4.69) is 10.6 Å². The summed E-state index contributed by atoms with van der Waals surface area (Å²) in [5.74, 6) is 0.436. The lowest BCUT2D eigenvalue weighted by Gasteiger charge is -2.56. The highest BCUT2D eigenvalue weighted by Crippen LogP contribution is 2.52. The maximum absolute atomic E-state index is 12.5. The number of nitrogens with one attached hydrogen (secondary N) is 2. The molecule has 4 atom stereocenters. The largest absolute Gasteiger partial charge is 0.466 e. The molecule has 1 amide bonds. The van der Waals surface area contributed by atoms with Gasteiger partial charge in [-0.3, -0.25) is 9.59 Å². The van der Waals surface area contributed by atoms with Crippen LogP contribution in [0.25, 0.3) is 0 Å². The van der Waals surface area contributed by atoms with Crippen molar-refractivity contribution in [2.24, 2.45) is 17.8 Å². The minimum Gasteiger partial charge on any atom is -0.466 e. The molecule has 2 bridgehead atoms. The highest BCUT2D eigenvalue weighted by atomic mass is 16.5. The van der Waals surface area contributed by atoms with Gasteiger partial charge in [0.2, 0.25) is 0 Å². The zero-order chi connectivity index (χ0) is 16.0. The molecule has 23 heavy (non-hydrogen) atoms. The Morgan fingerprint density at radius 2 is 2.13 bits per heavy atom. The number of rotatable bonds is 2. The summed E-state index contributed by atoms with van der Waals surface area (Å²) in [6, 6.07) is 7.62. The van der Waals surface area contributed by atoms with E-state index in [0.717, 1.165) is 31.4 Å². The Kier molecular flexibility index (Phi) is 3.32. The maximum atomic E-state index is 12.5. The number of carbonyl (C=O) groups is 2. The van der Waals surface area contributed by atoms with Gasteiger partial charge in [-0.1, -0.05) is 12.1 Å². The monoisotopic (exact) mass is 314 g/mol. The summed E-state index contributed by atoms with van der Waals surface area (Å²) in [5, 5.41) is 6.79. The van der Waals surface area contributed by atoms with Crippen LogP contribution in [0, 0.1) is 17.8 Å². The summed E-state index contributed by atoms with van der Waals surface area (Å²) < 4.78 is 5.24. The van der Waals surface area contributed by atoms with Gasteiger partial charge in [0.15, 0.2) is 0 Å². The van der Waals surface area contributed by atoms with E-state index in [1.54, 1.807) is 0 Å². The molecule has 1 heterocycles. The van der Waals surface area contributed by atoms with Crippen LogP contribution >= 0.6 is 0 Å². The molecule has 122 valence electrons. The standard InChI is InChI=1S/C18H22N2O3/c1-2-23-17(22)14-9-12-8-7-11(14)10-18(12)19-15-6-4-3-5-13(15)16(21)20-18/h3-6,11-12,14,19H,2,7-10H2,1H3,(H,20,21)/t11-,12+,14-,18-/m0/s1. The van der Waals surface area contributed by atoms with Crippen molar-refractivity contribution in [3.63, 3.8) is 0 Å². The second-order valence-electron chi connectivity index (χ2n) is 6.93. The lowest BCUT2D eigenvalue weighted by atomic mass is 9.59. The molecular formula is C18H22N2O3. The number of ether oxygens (including phenoxy) is 1. The van der Waals surface area contributed by atoms with Crippen molar-refractivity contribution in [2.45, 2.75) is 38.3 Å². The van der Waals surface area contributed by atoms with Gasteiger partial charge in [0.05, 0.1) is 18.1 Å². The highest BCUT2D eigenvalue weighted by molar-refractivity contribution is 6.02. The summed E-state index contributed by atoms with van der Waals surface area (Å²) >= 11 is 0. The zero-order valence-corrected chi connectivity index (χ0v) is 13.3. The minimum absolute atomic E-state index is 0.0143. The first-order chi connectivity index (χ1) is 11.1. The fourth-order valence-corrected chi connectivity index (χ4v) is 4.68. The second kappa shape index (κ2) is 5.25. The van der Waals surface area contributed by atoms with Crippen molar-refractivity contribution in [3.05, 3.63) is 29.8 Å². The second-order valence-corrected chi connectivity index (χ2v) is 6.93. The Hall–Kier alpha value is -2.04. The summed E-state index contributed by atoms with van der Waals surface area (Å²) in [6.45, 7) is 2.28. The van der Waals surface area contributed by atoms with Crippen LogP contribution in [-0.4, -0.2) is 24.1 Å². The van der Waals surface area contributed by atoms with Gasteiger partial charge in [-0.15, -0.1) is 0 Å². The third-order valence-electron chi connectivity index (χ3n) is 5.73. The van der Waals surface area contributed by atoms with Crippen molar-refractivity contribution in [1.29, 1.82) is 0 Å². The predicted octanol–water partition coefficient (Wildman–Crippen LogP) is 2.54. The Labute approximate surface area is 135 Å². The number of carbonyl (C=O) groups excluding carboxylic acids is 2. The Morgan fingerprint density at radius 1 is 1.30 bits per heavy atom. The zero-order valence-electron chi connectivity index (χ0n) is 13.3. The normalized spacial score (nSPS) is 34.5. The molecule has 5 heteroatoms. The molecule has 2 N–H and O–H groups in total. The van der Waals surface area contributed by atoms with Gasteiger partial charge in [0, 0.05) is 11.6 Å². The SMILES string of the molecule is CCOC(=O)[C@H]1C[C@H]2CC[C@H]1C[C@]21NC(=O)c2ccccc2N1. The number of amides is 1. The molecule has 0 saturated heterocycles. The molecule has 5 nitrogen and oxygen atoms in total. The van der Waals surface area contributed by atoms with Crippen LogP contribution in [0.15, 0.2) is 24.3 Å². The van der Waals surface area contributed by atoms with Gasteiger partial charge >= 0.3 is 5.97 Å². The maximum Gasteiger partial charge on any atom is 0.309 e. The first kappa shape index (κ1) is 14.5. The van der Waals surface area contributed by atoms with E-state index in [4.69, 9.17) is 4.74 Å². The van der Waals surface area contributed by atoms with Crippen LogP contribution in [-0.2, 0) is 9.53 Å². The Morgan fingerprint density at radius 3 is 2.87 bits per heavy atom. The first-order valence-electron chi connectivity index (χ1n) is 8.49. The van der Waals surface area contributed by atoms with Crippen molar-refractivity contribution in [1.82, 2.24) is 5.32 Å². The summed E-state index contributed by atoms with van der Waals surface area (Å²) in [4.78, 5) is 24.7. The third-order valence-corrected chi connectivity index (χ3v) is 5.73. The number of benzene rings is 1. The quantitative estimate of drug-likeness (QED) is 0.823. The number of hydrogen-bond donors (Lipinski definition) is 2. The van der Waals surface area contributed by atoms with Gasteiger partial charge in [-0.25, -0.2) is 0 Å². The van der Waals surface area contributed by atoms with E-state index in [9.17, 15) is 9.59 Å². The van der Waals surface area contributed by atoms with Gasteiger partial charge in [0.1, 0.15) is 5.66 Å². The topological polar surface area (TPSA) is 67.4 Å². The Balaban J connectivity index is 1.61. The molecule has 1 spiro atoms. The molecule has 1 aliphatic heterocycles. The van der Waals surface area contributed by atoms with Crippen LogP contribution in [0.2, 0.25) is 0 Å². The molecule has 5 rings (SSSR count). The first-order valence-corrected chi connectivity index (χ1v) is 8.49. The van der Waals surface area contributed by atoms with Crippen molar-refractivity contribution in [3.8, 4) is 0 Å². The number of esters is 1. The lowest BCUT2D eigenvalue weighted by molar-refractivity contribution is -0.155. The van der Waals surface area contributed by atoms with E-state index < -0.39 is 5.66 Å². The van der Waals surface area contributed by atoms with Crippen LogP contribution < -0.4 is 10.6 Å². The molecule has 0 unspecified atom stereocenters. The summed E-state index contributed by atoms with van der Waals surface area (Å²) in [6.07, 6.45) is 3.66. The molecule has 4 aliphatic rings. The number of hydrogen-bond acceptors (Lipinski definition) is 4. The van der Waals surface area contributed by atoms with E-state index >= 15 is 0 Å².